The molecule has 1 atom stereocenters. The molecule has 1 aromatic rings. The highest BCUT2D eigenvalue weighted by Crippen LogP contribution is 2.33. The molecule has 2 rings (SSSR count). The summed E-state index contributed by atoms with van der Waals surface area (Å²) in [6.45, 7) is -0.153. The van der Waals surface area contributed by atoms with Crippen molar-refractivity contribution < 1.29 is 19.6 Å². The Morgan fingerprint density at radius 2 is 2.09 bits per heavy atom. The van der Waals surface area contributed by atoms with E-state index < -0.39 is 22.8 Å². The van der Waals surface area contributed by atoms with Gasteiger partial charge in [0.1, 0.15) is 11.7 Å². The molecule has 0 aromatic heterocycles. The molecule has 0 heterocycles. The average molecular weight is 321 g/mol. The van der Waals surface area contributed by atoms with Crippen molar-refractivity contribution >= 4 is 23.3 Å². The second kappa shape index (κ2) is 7.08. The monoisotopic (exact) mass is 321 g/mol. The quantitative estimate of drug-likeness (QED) is 0.553. The van der Waals surface area contributed by atoms with E-state index in [4.69, 9.17) is 5.11 Å². The zero-order valence-electron chi connectivity index (χ0n) is 12.8. The van der Waals surface area contributed by atoms with Crippen LogP contribution in [0.25, 0.3) is 0 Å². The molecule has 1 unspecified atom stereocenters. The molecular formula is C15H19N3O5. The van der Waals surface area contributed by atoms with Crippen LogP contribution < -0.4 is 10.2 Å². The van der Waals surface area contributed by atoms with Gasteiger partial charge in [0.2, 0.25) is 5.91 Å². The molecule has 1 amide bonds. The van der Waals surface area contributed by atoms with Crippen LogP contribution in [0.1, 0.15) is 19.3 Å². The van der Waals surface area contributed by atoms with E-state index in [1.807, 2.05) is 0 Å². The molecule has 0 aliphatic heterocycles. The first-order chi connectivity index (χ1) is 10.9. The first kappa shape index (κ1) is 16.7. The fourth-order valence-corrected chi connectivity index (χ4v) is 2.39. The summed E-state index contributed by atoms with van der Waals surface area (Å²) in [5.41, 5.74) is 0.206. The van der Waals surface area contributed by atoms with Crippen LogP contribution in [0.4, 0.5) is 11.4 Å². The maximum Gasteiger partial charge on any atom is 0.326 e. The maximum atomic E-state index is 12.0. The van der Waals surface area contributed by atoms with E-state index in [-0.39, 0.29) is 12.2 Å². The van der Waals surface area contributed by atoms with E-state index in [0.717, 1.165) is 12.8 Å². The second-order valence-corrected chi connectivity index (χ2v) is 5.74. The Hall–Kier alpha value is -2.64. The van der Waals surface area contributed by atoms with Gasteiger partial charge in [0.05, 0.1) is 11.5 Å². The number of carboxylic acids is 1. The van der Waals surface area contributed by atoms with Gasteiger partial charge in [-0.2, -0.15) is 0 Å². The molecular weight excluding hydrogens is 302 g/mol. The molecule has 1 aliphatic carbocycles. The Morgan fingerprint density at radius 1 is 1.43 bits per heavy atom. The molecule has 1 aliphatic rings. The maximum absolute atomic E-state index is 12.0. The molecule has 124 valence electrons. The summed E-state index contributed by atoms with van der Waals surface area (Å²) in [6, 6.07) is 5.19. The van der Waals surface area contributed by atoms with Crippen molar-refractivity contribution in [3.8, 4) is 0 Å². The summed E-state index contributed by atoms with van der Waals surface area (Å²) in [5, 5.41) is 22.6. The average Bonchev–Trinajstić information content (AvgIpc) is 3.30. The molecule has 1 aromatic carbocycles. The van der Waals surface area contributed by atoms with E-state index in [1.54, 1.807) is 25.2 Å². The summed E-state index contributed by atoms with van der Waals surface area (Å²) in [5.74, 6) is -1.17. The van der Waals surface area contributed by atoms with E-state index in [9.17, 15) is 19.7 Å². The molecule has 8 nitrogen and oxygen atoms in total. The third-order valence-corrected chi connectivity index (χ3v) is 3.77. The van der Waals surface area contributed by atoms with Gasteiger partial charge in [0, 0.05) is 13.1 Å². The number of carbonyl (C=O) groups excluding carboxylic acids is 1. The SMILES string of the molecule is CN(CC(=O)NC(CC1CC1)C(=O)O)c1ccccc1[N+](=O)[O-]. The second-order valence-electron chi connectivity index (χ2n) is 5.74. The number of nitro benzene ring substituents is 1. The topological polar surface area (TPSA) is 113 Å². The number of amides is 1. The number of hydrogen-bond donors (Lipinski definition) is 2. The number of para-hydroxylation sites is 2. The van der Waals surface area contributed by atoms with Crippen molar-refractivity contribution in [1.82, 2.24) is 5.32 Å². The van der Waals surface area contributed by atoms with Crippen LogP contribution in [0.2, 0.25) is 0 Å². The van der Waals surface area contributed by atoms with Crippen LogP contribution in [0.5, 0.6) is 0 Å². The minimum absolute atomic E-state index is 0.101. The third-order valence-electron chi connectivity index (χ3n) is 3.77. The number of aliphatic carboxylic acids is 1. The van der Waals surface area contributed by atoms with E-state index in [1.165, 1.54) is 11.0 Å². The lowest BCUT2D eigenvalue weighted by Crippen LogP contribution is -2.45. The van der Waals surface area contributed by atoms with Crippen LogP contribution in [0, 0.1) is 16.0 Å². The minimum atomic E-state index is -1.06. The van der Waals surface area contributed by atoms with Gasteiger partial charge >= 0.3 is 5.97 Å². The van der Waals surface area contributed by atoms with Crippen molar-refractivity contribution in [3.05, 3.63) is 34.4 Å². The number of hydrogen-bond acceptors (Lipinski definition) is 5. The van der Waals surface area contributed by atoms with Gasteiger partial charge in [0.25, 0.3) is 5.69 Å². The highest BCUT2D eigenvalue weighted by Gasteiger charge is 2.30. The van der Waals surface area contributed by atoms with Gasteiger partial charge in [-0.1, -0.05) is 25.0 Å². The lowest BCUT2D eigenvalue weighted by atomic mass is 10.1. The third kappa shape index (κ3) is 4.67. The number of benzene rings is 1. The molecule has 1 fully saturated rings. The number of rotatable bonds is 8. The number of carbonyl (C=O) groups is 2. The lowest BCUT2D eigenvalue weighted by molar-refractivity contribution is -0.384. The smallest absolute Gasteiger partial charge is 0.326 e. The molecule has 0 spiro atoms. The zero-order valence-corrected chi connectivity index (χ0v) is 12.8. The van der Waals surface area contributed by atoms with Crippen LogP contribution in [-0.2, 0) is 9.59 Å². The van der Waals surface area contributed by atoms with Crippen molar-refractivity contribution in [2.75, 3.05) is 18.5 Å². The van der Waals surface area contributed by atoms with E-state index in [0.29, 0.717) is 18.0 Å². The normalized spacial score (nSPS) is 14.8. The van der Waals surface area contributed by atoms with Gasteiger partial charge in [-0.25, -0.2) is 4.79 Å². The van der Waals surface area contributed by atoms with Crippen LogP contribution >= 0.6 is 0 Å². The van der Waals surface area contributed by atoms with Gasteiger partial charge in [-0.05, 0) is 18.4 Å². The molecule has 0 saturated heterocycles. The largest absolute Gasteiger partial charge is 0.480 e. The summed E-state index contributed by atoms with van der Waals surface area (Å²) in [4.78, 5) is 35.1. The van der Waals surface area contributed by atoms with Crippen LogP contribution in [0.3, 0.4) is 0 Å². The standard InChI is InChI=1S/C15H19N3O5/c1-17(12-4-2-3-5-13(12)18(22)23)9-14(19)16-11(15(20)21)8-10-6-7-10/h2-5,10-11H,6-9H2,1H3,(H,16,19)(H,20,21). The lowest BCUT2D eigenvalue weighted by Gasteiger charge is -2.20. The number of likely N-dealkylation sites (N-methyl/N-ethyl adjacent to an activating group) is 1. The number of nitrogens with one attached hydrogen (secondary N) is 1. The molecule has 1 saturated carbocycles. The molecule has 23 heavy (non-hydrogen) atoms. The number of nitro groups is 1. The summed E-state index contributed by atoms with van der Waals surface area (Å²) in [7, 11) is 1.55. The number of nitrogens with zero attached hydrogens (tertiary/aromatic N) is 2. The molecule has 0 bridgehead atoms. The predicted molar refractivity (Wildman–Crippen MR) is 83.3 cm³/mol. The Kier molecular flexibility index (Phi) is 5.15. The number of anilines is 1. The fraction of sp³-hybridized carbons (Fsp3) is 0.467. The number of carboxylic acid groups (broad SMARTS) is 1. The van der Waals surface area contributed by atoms with E-state index in [2.05, 4.69) is 5.32 Å². The van der Waals surface area contributed by atoms with Gasteiger partial charge in [-0.15, -0.1) is 0 Å². The van der Waals surface area contributed by atoms with E-state index >= 15 is 0 Å². The molecule has 2 N–H and O–H groups in total. The van der Waals surface area contributed by atoms with Gasteiger partial charge < -0.3 is 15.3 Å². The first-order valence-electron chi connectivity index (χ1n) is 7.35. The first-order valence-corrected chi connectivity index (χ1v) is 7.35. The Balaban J connectivity index is 1.98. The fourth-order valence-electron chi connectivity index (χ4n) is 2.39. The highest BCUT2D eigenvalue weighted by atomic mass is 16.6. The van der Waals surface area contributed by atoms with Crippen molar-refractivity contribution in [2.24, 2.45) is 5.92 Å². The summed E-state index contributed by atoms with van der Waals surface area (Å²) < 4.78 is 0. The van der Waals surface area contributed by atoms with Gasteiger partial charge in [0.15, 0.2) is 0 Å². The van der Waals surface area contributed by atoms with Crippen molar-refractivity contribution in [3.63, 3.8) is 0 Å². The van der Waals surface area contributed by atoms with Crippen LogP contribution in [-0.4, -0.2) is 41.5 Å². The van der Waals surface area contributed by atoms with Crippen molar-refractivity contribution in [2.45, 2.75) is 25.3 Å². The van der Waals surface area contributed by atoms with Gasteiger partial charge in [-0.3, -0.25) is 14.9 Å². The zero-order chi connectivity index (χ0) is 17.0. The summed E-state index contributed by atoms with van der Waals surface area (Å²) in [6.07, 6.45) is 2.42. The highest BCUT2D eigenvalue weighted by molar-refractivity contribution is 5.87. The van der Waals surface area contributed by atoms with Crippen molar-refractivity contribution in [1.29, 1.82) is 0 Å². The molecule has 8 heteroatoms. The predicted octanol–water partition coefficient (Wildman–Crippen LogP) is 1.40. The minimum Gasteiger partial charge on any atom is -0.480 e. The Labute approximate surface area is 133 Å². The summed E-state index contributed by atoms with van der Waals surface area (Å²) >= 11 is 0. The molecule has 0 radical (unpaired) electrons. The Bertz CT molecular complexity index is 615. The Morgan fingerprint density at radius 3 is 2.65 bits per heavy atom. The van der Waals surface area contributed by atoms with Crippen LogP contribution in [0.15, 0.2) is 24.3 Å².